The Morgan fingerprint density at radius 2 is 2.10 bits per heavy atom. The first kappa shape index (κ1) is 14.2. The maximum Gasteiger partial charge on any atom is 0.170 e. The first-order valence-electron chi connectivity index (χ1n) is 6.32. The fourth-order valence-corrected chi connectivity index (χ4v) is 2.36. The summed E-state index contributed by atoms with van der Waals surface area (Å²) >= 11 is 0. The van der Waals surface area contributed by atoms with Crippen LogP contribution in [0.25, 0.3) is 0 Å². The summed E-state index contributed by atoms with van der Waals surface area (Å²) in [5, 5.41) is 4.31. The molecule has 0 aliphatic heterocycles. The number of ketones is 1. The van der Waals surface area contributed by atoms with E-state index in [-0.39, 0.29) is 18.1 Å². The highest BCUT2D eigenvalue weighted by Crippen LogP contribution is 2.22. The van der Waals surface area contributed by atoms with Crippen LogP contribution in [-0.2, 0) is 6.54 Å². The molecule has 0 spiro atoms. The lowest BCUT2D eigenvalue weighted by molar-refractivity contribution is 0.101. The fourth-order valence-electron chi connectivity index (χ4n) is 2.36. The lowest BCUT2D eigenvalue weighted by Gasteiger charge is -2.09. The first-order valence-corrected chi connectivity index (χ1v) is 6.32. The van der Waals surface area contributed by atoms with Crippen LogP contribution in [0.2, 0.25) is 0 Å². The molecule has 0 aliphatic carbocycles. The van der Waals surface area contributed by atoms with Gasteiger partial charge >= 0.3 is 0 Å². The van der Waals surface area contributed by atoms with E-state index in [2.05, 4.69) is 5.10 Å². The molecule has 0 N–H and O–H groups in total. The smallest absolute Gasteiger partial charge is 0.170 e. The predicted molar refractivity (Wildman–Crippen MR) is 73.8 cm³/mol. The molecule has 0 saturated carbocycles. The summed E-state index contributed by atoms with van der Waals surface area (Å²) < 4.78 is 20.7. The molecule has 2 aromatic rings. The Labute approximate surface area is 117 Å². The standard InChI is InChI=1S/C15H17FN2O2/c1-9-14(11(3)19)10(2)18(17-9)8-12-6-5-7-13(20-4)15(12)16/h5-7H,8H2,1-4H3. The van der Waals surface area contributed by atoms with Crippen molar-refractivity contribution in [3.63, 3.8) is 0 Å². The summed E-state index contributed by atoms with van der Waals surface area (Å²) in [5.74, 6) is -0.222. The average molecular weight is 276 g/mol. The van der Waals surface area contributed by atoms with Crippen LogP contribution in [0.3, 0.4) is 0 Å². The Morgan fingerprint density at radius 3 is 2.65 bits per heavy atom. The summed E-state index contributed by atoms with van der Waals surface area (Å²) in [6.07, 6.45) is 0. The third-order valence-corrected chi connectivity index (χ3v) is 3.32. The van der Waals surface area contributed by atoms with E-state index in [0.29, 0.717) is 16.8 Å². The van der Waals surface area contributed by atoms with Crippen molar-refractivity contribution < 1.29 is 13.9 Å². The number of ether oxygens (including phenoxy) is 1. The molecule has 20 heavy (non-hydrogen) atoms. The minimum atomic E-state index is -0.396. The molecule has 0 amide bonds. The Balaban J connectivity index is 2.41. The van der Waals surface area contributed by atoms with Crippen molar-refractivity contribution in [3.05, 3.63) is 46.5 Å². The number of carbonyl (C=O) groups excluding carboxylic acids is 1. The lowest BCUT2D eigenvalue weighted by atomic mass is 10.1. The van der Waals surface area contributed by atoms with Crippen molar-refractivity contribution in [1.82, 2.24) is 9.78 Å². The predicted octanol–water partition coefficient (Wildman–Crippen LogP) is 2.90. The summed E-state index contributed by atoms with van der Waals surface area (Å²) in [4.78, 5) is 11.6. The minimum absolute atomic E-state index is 0.0302. The van der Waals surface area contributed by atoms with Gasteiger partial charge in [0.15, 0.2) is 17.3 Å². The Morgan fingerprint density at radius 1 is 1.40 bits per heavy atom. The second kappa shape index (κ2) is 5.45. The molecular formula is C15H17FN2O2. The Bertz CT molecular complexity index is 662. The first-order chi connectivity index (χ1) is 9.45. The summed E-state index contributed by atoms with van der Waals surface area (Å²) in [6, 6.07) is 4.98. The van der Waals surface area contributed by atoms with Gasteiger partial charge in [-0.1, -0.05) is 12.1 Å². The second-order valence-corrected chi connectivity index (χ2v) is 4.69. The molecular weight excluding hydrogens is 259 g/mol. The van der Waals surface area contributed by atoms with Crippen molar-refractivity contribution in [2.75, 3.05) is 7.11 Å². The maximum absolute atomic E-state index is 14.1. The van der Waals surface area contributed by atoms with Gasteiger partial charge in [-0.25, -0.2) is 4.39 Å². The summed E-state index contributed by atoms with van der Waals surface area (Å²) in [6.45, 7) is 5.37. The van der Waals surface area contributed by atoms with E-state index in [0.717, 1.165) is 5.69 Å². The number of aromatic nitrogens is 2. The number of hydrogen-bond acceptors (Lipinski definition) is 3. The molecule has 5 heteroatoms. The topological polar surface area (TPSA) is 44.1 Å². The zero-order valence-electron chi connectivity index (χ0n) is 12.0. The highest BCUT2D eigenvalue weighted by atomic mass is 19.1. The molecule has 1 aromatic carbocycles. The molecule has 2 rings (SSSR count). The third kappa shape index (κ3) is 2.43. The van der Waals surface area contributed by atoms with E-state index < -0.39 is 5.82 Å². The van der Waals surface area contributed by atoms with Gasteiger partial charge in [-0.2, -0.15) is 5.10 Å². The average Bonchev–Trinajstić information content (AvgIpc) is 2.67. The van der Waals surface area contributed by atoms with Crippen LogP contribution >= 0.6 is 0 Å². The maximum atomic E-state index is 14.1. The van der Waals surface area contributed by atoms with Crippen LogP contribution in [0.15, 0.2) is 18.2 Å². The van der Waals surface area contributed by atoms with Gasteiger partial charge in [-0.3, -0.25) is 9.48 Å². The van der Waals surface area contributed by atoms with Crippen LogP contribution in [-0.4, -0.2) is 22.7 Å². The number of aryl methyl sites for hydroxylation is 1. The van der Waals surface area contributed by atoms with Gasteiger partial charge in [0, 0.05) is 11.3 Å². The Hall–Kier alpha value is -2.17. The van der Waals surface area contributed by atoms with Crippen LogP contribution in [0.5, 0.6) is 5.75 Å². The fraction of sp³-hybridized carbons (Fsp3) is 0.333. The van der Waals surface area contributed by atoms with Gasteiger partial charge < -0.3 is 4.74 Å². The zero-order valence-corrected chi connectivity index (χ0v) is 12.0. The van der Waals surface area contributed by atoms with Crippen LogP contribution in [0, 0.1) is 19.7 Å². The van der Waals surface area contributed by atoms with E-state index in [1.165, 1.54) is 14.0 Å². The van der Waals surface area contributed by atoms with E-state index in [4.69, 9.17) is 4.74 Å². The van der Waals surface area contributed by atoms with Gasteiger partial charge in [0.1, 0.15) is 0 Å². The molecule has 0 atom stereocenters. The number of methoxy groups -OCH3 is 1. The number of benzene rings is 1. The minimum Gasteiger partial charge on any atom is -0.494 e. The largest absolute Gasteiger partial charge is 0.494 e. The number of nitrogens with zero attached hydrogens (tertiary/aromatic N) is 2. The van der Waals surface area contributed by atoms with Crippen molar-refractivity contribution in [3.8, 4) is 5.75 Å². The van der Waals surface area contributed by atoms with Crippen LogP contribution in [0.4, 0.5) is 4.39 Å². The molecule has 0 fully saturated rings. The lowest BCUT2D eigenvalue weighted by Crippen LogP contribution is -2.07. The zero-order chi connectivity index (χ0) is 14.9. The second-order valence-electron chi connectivity index (χ2n) is 4.69. The van der Waals surface area contributed by atoms with Gasteiger partial charge in [-0.15, -0.1) is 0 Å². The highest BCUT2D eigenvalue weighted by Gasteiger charge is 2.17. The van der Waals surface area contributed by atoms with Crippen molar-refractivity contribution in [1.29, 1.82) is 0 Å². The number of Topliss-reactive ketones (excluding diaryl/α,β-unsaturated/α-hetero) is 1. The van der Waals surface area contributed by atoms with E-state index in [1.54, 1.807) is 29.8 Å². The molecule has 0 bridgehead atoms. The van der Waals surface area contributed by atoms with E-state index in [1.807, 2.05) is 6.92 Å². The SMILES string of the molecule is COc1cccc(Cn2nc(C)c(C(C)=O)c2C)c1F. The highest BCUT2D eigenvalue weighted by molar-refractivity contribution is 5.96. The van der Waals surface area contributed by atoms with Gasteiger partial charge in [0.2, 0.25) is 0 Å². The summed E-state index contributed by atoms with van der Waals surface area (Å²) in [5.41, 5.74) is 2.49. The van der Waals surface area contributed by atoms with Crippen molar-refractivity contribution in [2.24, 2.45) is 0 Å². The molecule has 0 aliphatic rings. The molecule has 0 radical (unpaired) electrons. The van der Waals surface area contributed by atoms with Gasteiger partial charge in [0.25, 0.3) is 0 Å². The van der Waals surface area contributed by atoms with Crippen molar-refractivity contribution >= 4 is 5.78 Å². The molecule has 0 unspecified atom stereocenters. The van der Waals surface area contributed by atoms with Crippen LogP contribution < -0.4 is 4.74 Å². The quantitative estimate of drug-likeness (QED) is 0.806. The molecule has 1 heterocycles. The molecule has 1 aromatic heterocycles. The van der Waals surface area contributed by atoms with Crippen LogP contribution in [0.1, 0.15) is 34.2 Å². The van der Waals surface area contributed by atoms with E-state index in [9.17, 15) is 9.18 Å². The van der Waals surface area contributed by atoms with E-state index >= 15 is 0 Å². The summed E-state index contributed by atoms with van der Waals surface area (Å²) in [7, 11) is 1.43. The van der Waals surface area contributed by atoms with Crippen molar-refractivity contribution in [2.45, 2.75) is 27.3 Å². The monoisotopic (exact) mass is 276 g/mol. The molecule has 106 valence electrons. The normalized spacial score (nSPS) is 10.7. The molecule has 4 nitrogen and oxygen atoms in total. The molecule has 0 saturated heterocycles. The number of halogens is 1. The van der Waals surface area contributed by atoms with Gasteiger partial charge in [0.05, 0.1) is 24.9 Å². The number of hydrogen-bond donors (Lipinski definition) is 0. The Kier molecular flexibility index (Phi) is 3.88. The number of carbonyl (C=O) groups is 1. The third-order valence-electron chi connectivity index (χ3n) is 3.32. The number of rotatable bonds is 4. The van der Waals surface area contributed by atoms with Gasteiger partial charge in [-0.05, 0) is 26.8 Å².